The number of rotatable bonds is 5. The second kappa shape index (κ2) is 11.3. The normalized spacial score (nSPS) is 12.0. The Morgan fingerprint density at radius 1 is 0.714 bits per heavy atom. The van der Waals surface area contributed by atoms with E-state index in [1.165, 1.54) is 47.2 Å². The summed E-state index contributed by atoms with van der Waals surface area (Å²) in [5.74, 6) is 1.43. The van der Waals surface area contributed by atoms with E-state index in [-0.39, 0.29) is 26.3 Å². The van der Waals surface area contributed by atoms with Gasteiger partial charge in [0.15, 0.2) is 0 Å². The predicted octanol–water partition coefficient (Wildman–Crippen LogP) is 11.7. The Morgan fingerprint density at radius 2 is 1.51 bits per heavy atom. The van der Waals surface area contributed by atoms with E-state index in [1.54, 1.807) is 0 Å². The first-order chi connectivity index (χ1) is 23.9. The van der Waals surface area contributed by atoms with Crippen LogP contribution in [-0.4, -0.2) is 24.1 Å². The number of nitriles is 1. The Labute approximate surface area is 290 Å². The van der Waals surface area contributed by atoms with Crippen LogP contribution >= 0.6 is 0 Å². The standard InChI is InChI=1S/C44H33N3OSe/c1-25(2)34-23-35-31-20-18-29(28-11-6-5-7-12-28)22-39(31)49-43(35)40(26(3)4)41(34)47-37-16-9-8-15-36(37)46-44(47)33-14-10-13-32-30-19-17-27(24-45)21-38(30)48-42(32)33/h5-23,25-26H,1-4H3. The van der Waals surface area contributed by atoms with Gasteiger partial charge in [-0.05, 0) is 0 Å². The van der Waals surface area contributed by atoms with Crippen LogP contribution in [0.2, 0.25) is 0 Å². The molecule has 0 saturated heterocycles. The van der Waals surface area contributed by atoms with Crippen LogP contribution in [0.25, 0.3) is 80.5 Å². The number of para-hydroxylation sites is 3. The van der Waals surface area contributed by atoms with Gasteiger partial charge in [0.25, 0.3) is 0 Å². The van der Waals surface area contributed by atoms with Gasteiger partial charge in [-0.1, -0.05) is 0 Å². The Morgan fingerprint density at radius 3 is 2.31 bits per heavy atom. The van der Waals surface area contributed by atoms with E-state index in [2.05, 4.69) is 135 Å². The minimum absolute atomic E-state index is 0.146. The van der Waals surface area contributed by atoms with Crippen molar-refractivity contribution in [2.45, 2.75) is 39.5 Å². The summed E-state index contributed by atoms with van der Waals surface area (Å²) in [6.07, 6.45) is 0. The van der Waals surface area contributed by atoms with Gasteiger partial charge in [0.05, 0.1) is 0 Å². The van der Waals surface area contributed by atoms with Crippen LogP contribution in [0.5, 0.6) is 0 Å². The van der Waals surface area contributed by atoms with E-state index in [4.69, 9.17) is 9.40 Å². The first kappa shape index (κ1) is 29.7. The van der Waals surface area contributed by atoms with Crippen LogP contribution in [0.1, 0.15) is 56.2 Å². The molecule has 9 rings (SSSR count). The third kappa shape index (κ3) is 4.60. The monoisotopic (exact) mass is 699 g/mol. The number of hydrogen-bond acceptors (Lipinski definition) is 3. The molecule has 3 heterocycles. The molecule has 3 aromatic heterocycles. The van der Waals surface area contributed by atoms with E-state index in [0.29, 0.717) is 11.1 Å². The van der Waals surface area contributed by atoms with Crippen molar-refractivity contribution in [3.05, 3.63) is 132 Å². The second-order valence-corrected chi connectivity index (χ2v) is 15.7. The van der Waals surface area contributed by atoms with E-state index in [0.717, 1.165) is 38.8 Å². The zero-order chi connectivity index (χ0) is 33.4. The number of benzene rings is 6. The molecular formula is C44H33N3OSe. The van der Waals surface area contributed by atoms with Crippen molar-refractivity contribution in [1.29, 1.82) is 5.26 Å². The SMILES string of the molecule is CC(C)c1cc2c([se]c3cc(-c4ccccc4)ccc32)c(C(C)C)c1-n1c(-c2cccc3c2oc2cc(C#N)ccc23)nc2ccccc21. The first-order valence-electron chi connectivity index (χ1n) is 16.8. The molecule has 0 spiro atoms. The zero-order valence-corrected chi connectivity index (χ0v) is 29.5. The van der Waals surface area contributed by atoms with Crippen LogP contribution in [0.4, 0.5) is 0 Å². The Hall–Kier alpha value is -5.40. The molecule has 49 heavy (non-hydrogen) atoms. The fraction of sp³-hybridized carbons (Fsp3) is 0.136. The fourth-order valence-electron chi connectivity index (χ4n) is 7.46. The zero-order valence-electron chi connectivity index (χ0n) is 27.8. The molecule has 0 fully saturated rings. The molecular weight excluding hydrogens is 665 g/mol. The molecule has 236 valence electrons. The average molecular weight is 699 g/mol. The molecule has 4 nitrogen and oxygen atoms in total. The summed E-state index contributed by atoms with van der Waals surface area (Å²) < 4.78 is 11.9. The number of aromatic nitrogens is 2. The van der Waals surface area contributed by atoms with Gasteiger partial charge in [-0.2, -0.15) is 5.26 Å². The van der Waals surface area contributed by atoms with E-state index >= 15 is 0 Å². The molecule has 0 aliphatic heterocycles. The molecule has 0 bridgehead atoms. The first-order valence-corrected chi connectivity index (χ1v) is 18.5. The van der Waals surface area contributed by atoms with Crippen LogP contribution in [-0.2, 0) is 0 Å². The topological polar surface area (TPSA) is 54.8 Å². The molecule has 6 aromatic carbocycles. The molecule has 0 N–H and O–H groups in total. The van der Waals surface area contributed by atoms with Gasteiger partial charge >= 0.3 is 286 Å². The van der Waals surface area contributed by atoms with Gasteiger partial charge in [0.1, 0.15) is 0 Å². The molecule has 0 aliphatic rings. The van der Waals surface area contributed by atoms with Gasteiger partial charge in [-0.15, -0.1) is 0 Å². The van der Waals surface area contributed by atoms with Gasteiger partial charge < -0.3 is 0 Å². The molecule has 5 heteroatoms. The predicted molar refractivity (Wildman–Crippen MR) is 204 cm³/mol. The Kier molecular flexibility index (Phi) is 6.88. The van der Waals surface area contributed by atoms with Crippen LogP contribution in [0, 0.1) is 11.3 Å². The van der Waals surface area contributed by atoms with Crippen LogP contribution < -0.4 is 0 Å². The summed E-state index contributed by atoms with van der Waals surface area (Å²) in [4.78, 5) is 5.35. The van der Waals surface area contributed by atoms with Gasteiger partial charge in [0, 0.05) is 0 Å². The van der Waals surface area contributed by atoms with Crippen LogP contribution in [0.15, 0.2) is 120 Å². The number of hydrogen-bond donors (Lipinski definition) is 0. The number of furan rings is 1. The third-order valence-electron chi connectivity index (χ3n) is 9.76. The van der Waals surface area contributed by atoms with Crippen molar-refractivity contribution in [2.24, 2.45) is 0 Å². The average Bonchev–Trinajstić information content (AvgIpc) is 3.81. The Bertz CT molecular complexity index is 2790. The quantitative estimate of drug-likeness (QED) is 0.168. The van der Waals surface area contributed by atoms with Gasteiger partial charge in [-0.25, -0.2) is 0 Å². The van der Waals surface area contributed by atoms with E-state index in [1.807, 2.05) is 18.2 Å². The second-order valence-electron chi connectivity index (χ2n) is 13.5. The van der Waals surface area contributed by atoms with Crippen LogP contribution in [0.3, 0.4) is 0 Å². The van der Waals surface area contributed by atoms with Crippen molar-refractivity contribution in [1.82, 2.24) is 9.55 Å². The van der Waals surface area contributed by atoms with E-state index < -0.39 is 0 Å². The minimum atomic E-state index is 0.146. The summed E-state index contributed by atoms with van der Waals surface area (Å²) in [6.45, 7) is 9.28. The number of fused-ring (bicyclic) bond motifs is 7. The van der Waals surface area contributed by atoms with Crippen molar-refractivity contribution >= 4 is 66.8 Å². The summed E-state index contributed by atoms with van der Waals surface area (Å²) >= 11 is 0.146. The Balaban J connectivity index is 1.38. The number of imidazole rings is 1. The van der Waals surface area contributed by atoms with E-state index in [9.17, 15) is 5.26 Å². The molecule has 0 radical (unpaired) electrons. The van der Waals surface area contributed by atoms with Crippen molar-refractivity contribution < 1.29 is 4.42 Å². The summed E-state index contributed by atoms with van der Waals surface area (Å²) in [5.41, 5.74) is 11.5. The molecule has 0 saturated carbocycles. The third-order valence-corrected chi connectivity index (χ3v) is 12.3. The van der Waals surface area contributed by atoms with Gasteiger partial charge in [-0.3, -0.25) is 0 Å². The maximum atomic E-state index is 9.58. The number of nitrogens with zero attached hydrogens (tertiary/aromatic N) is 3. The fourth-order valence-corrected chi connectivity index (χ4v) is 10.4. The molecule has 0 atom stereocenters. The van der Waals surface area contributed by atoms with Crippen molar-refractivity contribution in [3.8, 4) is 34.3 Å². The molecule has 0 amide bonds. The summed E-state index contributed by atoms with van der Waals surface area (Å²) in [6, 6.07) is 42.9. The molecule has 0 unspecified atom stereocenters. The summed E-state index contributed by atoms with van der Waals surface area (Å²) in [7, 11) is 0. The van der Waals surface area contributed by atoms with Crippen molar-refractivity contribution in [3.63, 3.8) is 0 Å². The molecule has 9 aromatic rings. The molecule has 0 aliphatic carbocycles. The summed E-state index contributed by atoms with van der Waals surface area (Å²) in [5, 5.41) is 14.3. The van der Waals surface area contributed by atoms with Gasteiger partial charge in [0.2, 0.25) is 0 Å². The maximum absolute atomic E-state index is 9.58. The van der Waals surface area contributed by atoms with Crippen molar-refractivity contribution in [2.75, 3.05) is 0 Å².